The number of nitrogens with two attached hydrogens (primary N) is 1. The number of nitrogen functional groups attached to an aromatic ring is 1. The molecule has 0 bridgehead atoms. The van der Waals surface area contributed by atoms with E-state index in [0.717, 1.165) is 4.88 Å². The van der Waals surface area contributed by atoms with Gasteiger partial charge in [-0.15, -0.1) is 23.7 Å². The van der Waals surface area contributed by atoms with Crippen molar-refractivity contribution in [3.8, 4) is 0 Å². The molecule has 0 saturated carbocycles. The fraction of sp³-hybridized carbons (Fsp3) is 0.727. The Bertz CT molecular complexity index is 438. The van der Waals surface area contributed by atoms with Gasteiger partial charge in [0.15, 0.2) is 5.13 Å². The van der Waals surface area contributed by atoms with E-state index in [1.807, 2.05) is 0 Å². The third kappa shape index (κ3) is 5.24. The summed E-state index contributed by atoms with van der Waals surface area (Å²) in [6.07, 6.45) is -1.92. The Morgan fingerprint density at radius 3 is 2.29 bits per heavy atom. The van der Waals surface area contributed by atoms with Crippen LogP contribution in [0.5, 0.6) is 0 Å². The predicted molar refractivity (Wildman–Crippen MR) is 76.4 cm³/mol. The fourth-order valence-electron chi connectivity index (χ4n) is 2.09. The highest BCUT2D eigenvalue weighted by molar-refractivity contribution is 7.15. The van der Waals surface area contributed by atoms with Gasteiger partial charge in [-0.1, -0.05) is 0 Å². The molecule has 10 heteroatoms. The molecule has 0 aliphatic carbocycles. The van der Waals surface area contributed by atoms with Crippen LogP contribution in [0.25, 0.3) is 0 Å². The van der Waals surface area contributed by atoms with E-state index in [9.17, 15) is 17.6 Å². The van der Waals surface area contributed by atoms with E-state index in [2.05, 4.69) is 9.88 Å². The summed E-state index contributed by atoms with van der Waals surface area (Å²) in [6, 6.07) is 0. The lowest BCUT2D eigenvalue weighted by Crippen LogP contribution is -2.51. The Hall–Kier alpha value is -0.640. The molecule has 1 fully saturated rings. The molecule has 0 atom stereocenters. The first-order valence-electron chi connectivity index (χ1n) is 6.17. The molecule has 1 aromatic heterocycles. The quantitative estimate of drug-likeness (QED) is 0.828. The monoisotopic (exact) mass is 348 g/mol. The highest BCUT2D eigenvalue weighted by atomic mass is 35.5. The number of halogens is 5. The minimum atomic E-state index is -3.94. The second kappa shape index (κ2) is 7.57. The zero-order valence-corrected chi connectivity index (χ0v) is 12.8. The number of hydrogen-bond acceptors (Lipinski definition) is 5. The summed E-state index contributed by atoms with van der Waals surface area (Å²) in [4.78, 5) is 8.40. The third-order valence-electron chi connectivity index (χ3n) is 3.17. The first-order chi connectivity index (χ1) is 9.37. The zero-order valence-electron chi connectivity index (χ0n) is 11.1. The van der Waals surface area contributed by atoms with Crippen molar-refractivity contribution in [2.24, 2.45) is 0 Å². The molecule has 1 saturated heterocycles. The second-order valence-electron chi connectivity index (χ2n) is 4.78. The third-order valence-corrected chi connectivity index (χ3v) is 3.98. The van der Waals surface area contributed by atoms with Gasteiger partial charge in [-0.05, 0) is 0 Å². The van der Waals surface area contributed by atoms with Crippen LogP contribution in [0.15, 0.2) is 6.20 Å². The maximum atomic E-state index is 13.0. The molecular formula is C11H17ClF4N4S. The molecule has 2 N–H and O–H groups in total. The van der Waals surface area contributed by atoms with E-state index in [1.165, 1.54) is 16.2 Å². The molecule has 0 radical (unpaired) electrons. The second-order valence-corrected chi connectivity index (χ2v) is 5.93. The Balaban J connectivity index is 0.00000220. The molecule has 0 aromatic carbocycles. The molecule has 1 aliphatic rings. The van der Waals surface area contributed by atoms with Crippen LogP contribution in [0.2, 0.25) is 0 Å². The summed E-state index contributed by atoms with van der Waals surface area (Å²) >= 11 is 1.39. The van der Waals surface area contributed by atoms with Crippen molar-refractivity contribution >= 4 is 28.9 Å². The number of alkyl halides is 4. The number of piperazine rings is 1. The Morgan fingerprint density at radius 2 is 1.81 bits per heavy atom. The normalized spacial score (nSPS) is 18.0. The lowest BCUT2D eigenvalue weighted by atomic mass is 10.2. The van der Waals surface area contributed by atoms with Crippen LogP contribution < -0.4 is 5.73 Å². The van der Waals surface area contributed by atoms with Crippen LogP contribution in [0.1, 0.15) is 4.88 Å². The average Bonchev–Trinajstić information content (AvgIpc) is 2.77. The van der Waals surface area contributed by atoms with Gasteiger partial charge in [0.05, 0.1) is 6.54 Å². The standard InChI is InChI=1S/C11H16F4N4S.ClH/c12-9(13)11(14,15)7-19-3-1-18(2-4-19)6-8-5-17-10(16)20-8;/h5,9H,1-4,6-7H2,(H2,16,17);1H. The highest BCUT2D eigenvalue weighted by Crippen LogP contribution is 2.25. The van der Waals surface area contributed by atoms with Gasteiger partial charge < -0.3 is 5.73 Å². The summed E-state index contributed by atoms with van der Waals surface area (Å²) in [6.45, 7) is 1.63. The van der Waals surface area contributed by atoms with E-state index < -0.39 is 18.9 Å². The number of thiazole rings is 1. The van der Waals surface area contributed by atoms with E-state index in [-0.39, 0.29) is 12.4 Å². The minimum Gasteiger partial charge on any atom is -0.375 e. The van der Waals surface area contributed by atoms with Gasteiger partial charge >= 0.3 is 12.3 Å². The van der Waals surface area contributed by atoms with Crippen LogP contribution in [-0.4, -0.2) is 59.9 Å². The summed E-state index contributed by atoms with van der Waals surface area (Å²) in [5, 5.41) is 0.496. The molecule has 0 unspecified atom stereocenters. The highest BCUT2D eigenvalue weighted by Gasteiger charge is 2.42. The van der Waals surface area contributed by atoms with E-state index in [1.54, 1.807) is 6.20 Å². The molecule has 1 aliphatic heterocycles. The molecule has 2 rings (SSSR count). The minimum absolute atomic E-state index is 0. The number of rotatable bonds is 5. The summed E-state index contributed by atoms with van der Waals surface area (Å²) in [5.74, 6) is -3.94. The molecule has 2 heterocycles. The smallest absolute Gasteiger partial charge is 0.319 e. The Labute approximate surface area is 130 Å². The van der Waals surface area contributed by atoms with Crippen molar-refractivity contribution in [3.05, 3.63) is 11.1 Å². The molecule has 1 aromatic rings. The number of aromatic nitrogens is 1. The van der Waals surface area contributed by atoms with Crippen molar-refractivity contribution in [3.63, 3.8) is 0 Å². The average molecular weight is 349 g/mol. The predicted octanol–water partition coefficient (Wildman–Crippen LogP) is 2.17. The van der Waals surface area contributed by atoms with Crippen LogP contribution in [0.3, 0.4) is 0 Å². The van der Waals surface area contributed by atoms with Crippen LogP contribution in [0.4, 0.5) is 22.7 Å². The van der Waals surface area contributed by atoms with Gasteiger partial charge in [-0.25, -0.2) is 13.8 Å². The van der Waals surface area contributed by atoms with Gasteiger partial charge in [-0.2, -0.15) is 8.78 Å². The Kier molecular flexibility index (Phi) is 6.64. The molecule has 122 valence electrons. The summed E-state index contributed by atoms with van der Waals surface area (Å²) < 4.78 is 50.2. The first-order valence-corrected chi connectivity index (χ1v) is 6.99. The first kappa shape index (κ1) is 18.4. The van der Waals surface area contributed by atoms with Crippen LogP contribution in [0, 0.1) is 0 Å². The SMILES string of the molecule is Cl.Nc1ncc(CN2CCN(CC(F)(F)C(F)F)CC2)s1. The number of hydrogen-bond donors (Lipinski definition) is 1. The largest absolute Gasteiger partial charge is 0.375 e. The maximum Gasteiger partial charge on any atom is 0.319 e. The van der Waals surface area contributed by atoms with Crippen molar-refractivity contribution in [2.75, 3.05) is 38.5 Å². The molecule has 0 amide bonds. The lowest BCUT2D eigenvalue weighted by molar-refractivity contribution is -0.145. The summed E-state index contributed by atoms with van der Waals surface area (Å²) in [7, 11) is 0. The van der Waals surface area contributed by atoms with Gasteiger partial charge in [0, 0.05) is 43.8 Å². The number of nitrogens with zero attached hydrogens (tertiary/aromatic N) is 3. The molecule has 4 nitrogen and oxygen atoms in total. The number of anilines is 1. The molecule has 21 heavy (non-hydrogen) atoms. The van der Waals surface area contributed by atoms with Crippen molar-refractivity contribution in [2.45, 2.75) is 18.9 Å². The lowest BCUT2D eigenvalue weighted by Gasteiger charge is -2.35. The van der Waals surface area contributed by atoms with Gasteiger partial charge in [-0.3, -0.25) is 9.80 Å². The van der Waals surface area contributed by atoms with Gasteiger partial charge in [0.1, 0.15) is 0 Å². The summed E-state index contributed by atoms with van der Waals surface area (Å²) in [5.41, 5.74) is 5.53. The van der Waals surface area contributed by atoms with Crippen molar-refractivity contribution < 1.29 is 17.6 Å². The van der Waals surface area contributed by atoms with Crippen LogP contribution >= 0.6 is 23.7 Å². The van der Waals surface area contributed by atoms with E-state index in [0.29, 0.717) is 37.9 Å². The van der Waals surface area contributed by atoms with Crippen molar-refractivity contribution in [1.29, 1.82) is 0 Å². The van der Waals surface area contributed by atoms with Gasteiger partial charge in [0.2, 0.25) is 0 Å². The molecular weight excluding hydrogens is 332 g/mol. The van der Waals surface area contributed by atoms with E-state index in [4.69, 9.17) is 5.73 Å². The Morgan fingerprint density at radius 1 is 1.24 bits per heavy atom. The zero-order chi connectivity index (χ0) is 14.8. The van der Waals surface area contributed by atoms with E-state index >= 15 is 0 Å². The molecule has 0 spiro atoms. The topological polar surface area (TPSA) is 45.4 Å². The van der Waals surface area contributed by atoms with Crippen LogP contribution in [-0.2, 0) is 6.54 Å². The van der Waals surface area contributed by atoms with Gasteiger partial charge in [0.25, 0.3) is 0 Å². The fourth-order valence-corrected chi connectivity index (χ4v) is 2.82. The maximum absolute atomic E-state index is 13.0. The van der Waals surface area contributed by atoms with Crippen molar-refractivity contribution in [1.82, 2.24) is 14.8 Å².